The van der Waals surface area contributed by atoms with Crippen LogP contribution in [0.25, 0.3) is 10.7 Å². The van der Waals surface area contributed by atoms with E-state index in [4.69, 9.17) is 10.5 Å². The van der Waals surface area contributed by atoms with Gasteiger partial charge in [-0.15, -0.1) is 21.5 Å². The molecule has 2 aromatic heterocycles. The van der Waals surface area contributed by atoms with Crippen LogP contribution in [0.4, 0.5) is 0 Å². The molecular weight excluding hydrogens is 308 g/mol. The second-order valence-corrected chi connectivity index (χ2v) is 6.72. The first-order chi connectivity index (χ1) is 10.2. The second-order valence-electron chi connectivity index (χ2n) is 4.78. The van der Waals surface area contributed by atoms with Crippen molar-refractivity contribution in [3.63, 3.8) is 0 Å². The molecule has 2 N–H and O–H groups in total. The van der Waals surface area contributed by atoms with Gasteiger partial charge in [-0.25, -0.2) is 0 Å². The number of hydrogen-bond acceptors (Lipinski definition) is 6. The average molecular weight is 324 g/mol. The lowest BCUT2D eigenvalue weighted by Gasteiger charge is -2.10. The molecule has 1 aliphatic heterocycles. The fourth-order valence-electron chi connectivity index (χ4n) is 2.23. The smallest absolute Gasteiger partial charge is 0.237 e. The van der Waals surface area contributed by atoms with E-state index in [2.05, 4.69) is 10.2 Å². The summed E-state index contributed by atoms with van der Waals surface area (Å²) < 4.78 is 7.39. The number of nitrogens with two attached hydrogens (primary N) is 1. The summed E-state index contributed by atoms with van der Waals surface area (Å²) >= 11 is 3.13. The Kier molecular flexibility index (Phi) is 4.57. The molecule has 1 fully saturated rings. The number of carbonyl (C=O) groups is 1. The number of ether oxygens (including phenoxy) is 1. The Labute approximate surface area is 130 Å². The molecule has 0 aliphatic carbocycles. The van der Waals surface area contributed by atoms with Crippen LogP contribution in [0.2, 0.25) is 0 Å². The van der Waals surface area contributed by atoms with Crippen molar-refractivity contribution in [2.45, 2.75) is 30.6 Å². The highest BCUT2D eigenvalue weighted by atomic mass is 32.2. The average Bonchev–Trinajstić information content (AvgIpc) is 3.18. The van der Waals surface area contributed by atoms with Crippen molar-refractivity contribution in [1.29, 1.82) is 0 Å². The number of carbonyl (C=O) groups excluding carboxylic acids is 1. The number of nitrogens with zero attached hydrogens (tertiary/aromatic N) is 3. The van der Waals surface area contributed by atoms with Gasteiger partial charge in [0.05, 0.1) is 11.0 Å². The topological polar surface area (TPSA) is 83.0 Å². The molecule has 0 radical (unpaired) electrons. The van der Waals surface area contributed by atoms with Crippen LogP contribution in [-0.2, 0) is 16.1 Å². The molecule has 3 rings (SSSR count). The van der Waals surface area contributed by atoms with Crippen molar-refractivity contribution in [3.8, 4) is 10.7 Å². The number of amides is 1. The summed E-state index contributed by atoms with van der Waals surface area (Å²) in [7, 11) is 0. The summed E-state index contributed by atoms with van der Waals surface area (Å²) in [5.74, 6) is 1.12. The molecule has 2 aromatic rings. The fourth-order valence-corrected chi connectivity index (χ4v) is 3.95. The Bertz CT molecular complexity index is 606. The van der Waals surface area contributed by atoms with Gasteiger partial charge in [0.1, 0.15) is 6.54 Å². The predicted octanol–water partition coefficient (Wildman–Crippen LogP) is 1.76. The van der Waals surface area contributed by atoms with E-state index in [1.54, 1.807) is 27.7 Å². The molecule has 112 valence electrons. The highest BCUT2D eigenvalue weighted by molar-refractivity contribution is 7.99. The van der Waals surface area contributed by atoms with Crippen LogP contribution in [0.15, 0.2) is 22.7 Å². The summed E-state index contributed by atoms with van der Waals surface area (Å²) in [6, 6.07) is 3.91. The first-order valence-corrected chi connectivity index (χ1v) is 8.60. The van der Waals surface area contributed by atoms with Crippen molar-refractivity contribution in [3.05, 3.63) is 17.5 Å². The van der Waals surface area contributed by atoms with Crippen molar-refractivity contribution >= 4 is 29.0 Å². The molecule has 1 aliphatic rings. The van der Waals surface area contributed by atoms with Crippen LogP contribution in [0.5, 0.6) is 0 Å². The van der Waals surface area contributed by atoms with Gasteiger partial charge in [0.2, 0.25) is 5.91 Å². The number of thiophene rings is 1. The SMILES string of the molecule is NC(=O)Cn1c(SCC2CCCO2)nnc1-c1cccs1. The zero-order valence-electron chi connectivity index (χ0n) is 11.4. The maximum Gasteiger partial charge on any atom is 0.237 e. The van der Waals surface area contributed by atoms with Crippen molar-refractivity contribution < 1.29 is 9.53 Å². The molecule has 1 unspecified atom stereocenters. The molecule has 1 amide bonds. The number of hydrogen-bond donors (Lipinski definition) is 1. The highest BCUT2D eigenvalue weighted by Crippen LogP contribution is 2.28. The highest BCUT2D eigenvalue weighted by Gasteiger charge is 2.20. The van der Waals surface area contributed by atoms with Crippen molar-refractivity contribution in [2.75, 3.05) is 12.4 Å². The van der Waals surface area contributed by atoms with Crippen LogP contribution < -0.4 is 5.73 Å². The summed E-state index contributed by atoms with van der Waals surface area (Å²) in [6.07, 6.45) is 2.45. The van der Waals surface area contributed by atoms with E-state index in [9.17, 15) is 4.79 Å². The zero-order valence-corrected chi connectivity index (χ0v) is 13.0. The Morgan fingerprint density at radius 2 is 2.48 bits per heavy atom. The van der Waals surface area contributed by atoms with E-state index in [0.29, 0.717) is 11.0 Å². The fraction of sp³-hybridized carbons (Fsp3) is 0.462. The molecule has 3 heterocycles. The number of aromatic nitrogens is 3. The first kappa shape index (κ1) is 14.6. The van der Waals surface area contributed by atoms with E-state index in [0.717, 1.165) is 30.1 Å². The van der Waals surface area contributed by atoms with Gasteiger partial charge in [-0.3, -0.25) is 9.36 Å². The zero-order chi connectivity index (χ0) is 14.7. The largest absolute Gasteiger partial charge is 0.377 e. The molecule has 0 spiro atoms. The molecule has 8 heteroatoms. The van der Waals surface area contributed by atoms with Gasteiger partial charge in [0, 0.05) is 12.4 Å². The summed E-state index contributed by atoms with van der Waals surface area (Å²) in [4.78, 5) is 12.3. The molecule has 6 nitrogen and oxygen atoms in total. The van der Waals surface area contributed by atoms with Crippen LogP contribution in [0.1, 0.15) is 12.8 Å². The first-order valence-electron chi connectivity index (χ1n) is 6.74. The minimum atomic E-state index is -0.397. The predicted molar refractivity (Wildman–Crippen MR) is 82.2 cm³/mol. The van der Waals surface area contributed by atoms with Gasteiger partial charge in [0.25, 0.3) is 0 Å². The van der Waals surface area contributed by atoms with Gasteiger partial charge >= 0.3 is 0 Å². The minimum absolute atomic E-state index is 0.0914. The summed E-state index contributed by atoms with van der Waals surface area (Å²) in [6.45, 7) is 0.924. The van der Waals surface area contributed by atoms with Crippen molar-refractivity contribution in [1.82, 2.24) is 14.8 Å². The van der Waals surface area contributed by atoms with Crippen LogP contribution in [-0.4, -0.2) is 39.1 Å². The van der Waals surface area contributed by atoms with Crippen LogP contribution in [0.3, 0.4) is 0 Å². The van der Waals surface area contributed by atoms with Crippen LogP contribution >= 0.6 is 23.1 Å². The van der Waals surface area contributed by atoms with E-state index >= 15 is 0 Å². The number of rotatable bonds is 6. The lowest BCUT2D eigenvalue weighted by molar-refractivity contribution is -0.118. The monoisotopic (exact) mass is 324 g/mol. The van der Waals surface area contributed by atoms with Gasteiger partial charge in [-0.2, -0.15) is 0 Å². The minimum Gasteiger partial charge on any atom is -0.377 e. The maximum absolute atomic E-state index is 11.3. The van der Waals surface area contributed by atoms with Crippen molar-refractivity contribution in [2.24, 2.45) is 5.73 Å². The van der Waals surface area contributed by atoms with E-state index in [1.165, 1.54) is 0 Å². The third kappa shape index (κ3) is 3.45. The standard InChI is InChI=1S/C13H16N4O2S2/c14-11(18)7-17-12(10-4-2-6-20-10)15-16-13(17)21-8-9-3-1-5-19-9/h2,4,6,9H,1,3,5,7-8H2,(H2,14,18). The third-order valence-electron chi connectivity index (χ3n) is 3.19. The Hall–Kier alpha value is -1.38. The maximum atomic E-state index is 11.3. The Balaban J connectivity index is 1.80. The lowest BCUT2D eigenvalue weighted by Crippen LogP contribution is -2.20. The second kappa shape index (κ2) is 6.59. The normalized spacial score (nSPS) is 18.2. The van der Waals surface area contributed by atoms with E-state index in [1.807, 2.05) is 17.5 Å². The number of primary amides is 1. The Morgan fingerprint density at radius 1 is 1.57 bits per heavy atom. The number of thioether (sulfide) groups is 1. The molecule has 1 saturated heterocycles. The van der Waals surface area contributed by atoms with Gasteiger partial charge in [-0.05, 0) is 24.3 Å². The van der Waals surface area contributed by atoms with Gasteiger partial charge in [0.15, 0.2) is 11.0 Å². The lowest BCUT2D eigenvalue weighted by atomic mass is 10.3. The summed E-state index contributed by atoms with van der Waals surface area (Å²) in [5.41, 5.74) is 5.35. The molecule has 0 saturated carbocycles. The van der Waals surface area contributed by atoms with E-state index < -0.39 is 5.91 Å². The van der Waals surface area contributed by atoms with E-state index in [-0.39, 0.29) is 12.6 Å². The Morgan fingerprint density at radius 3 is 3.14 bits per heavy atom. The quantitative estimate of drug-likeness (QED) is 0.819. The van der Waals surface area contributed by atoms with Gasteiger partial charge < -0.3 is 10.5 Å². The molecule has 0 aromatic carbocycles. The van der Waals surface area contributed by atoms with Crippen LogP contribution in [0, 0.1) is 0 Å². The molecule has 1 atom stereocenters. The summed E-state index contributed by atoms with van der Waals surface area (Å²) in [5, 5.41) is 11.1. The third-order valence-corrected chi connectivity index (χ3v) is 5.16. The van der Waals surface area contributed by atoms with Gasteiger partial charge in [-0.1, -0.05) is 17.8 Å². The molecular formula is C13H16N4O2S2. The molecule has 21 heavy (non-hydrogen) atoms. The molecule has 0 bridgehead atoms.